The molecule has 0 N–H and O–H groups in total. The van der Waals surface area contributed by atoms with Crippen LogP contribution in [0.15, 0.2) is 85.4 Å². The van der Waals surface area contributed by atoms with E-state index in [-0.39, 0.29) is 11.3 Å². The zero-order valence-corrected chi connectivity index (χ0v) is 22.8. The van der Waals surface area contributed by atoms with Gasteiger partial charge in [0.05, 0.1) is 23.2 Å². The highest BCUT2D eigenvalue weighted by Gasteiger charge is 2.36. The first-order valence-corrected chi connectivity index (χ1v) is 12.4. The molecule has 3 aromatic carbocycles. The van der Waals surface area contributed by atoms with Gasteiger partial charge in [-0.05, 0) is 85.5 Å². The highest BCUT2D eigenvalue weighted by molar-refractivity contribution is 9.11. The minimum atomic E-state index is -0.703. The summed E-state index contributed by atoms with van der Waals surface area (Å²) >= 11 is 10.3. The van der Waals surface area contributed by atoms with Crippen LogP contribution in [0.1, 0.15) is 21.5 Å². The Morgan fingerprint density at radius 2 is 1.56 bits per heavy atom. The first-order valence-electron chi connectivity index (χ1n) is 9.98. The molecule has 8 heteroatoms. The number of carbonyl (C=O) groups excluding carboxylic acids is 2. The fourth-order valence-electron chi connectivity index (χ4n) is 3.54. The van der Waals surface area contributed by atoms with Gasteiger partial charge >= 0.3 is 5.97 Å². The average molecular weight is 649 g/mol. The lowest BCUT2D eigenvalue weighted by Crippen LogP contribution is -2.11. The van der Waals surface area contributed by atoms with E-state index in [0.29, 0.717) is 32.7 Å². The quantitative estimate of drug-likeness (QED) is 0.160. The van der Waals surface area contributed by atoms with Crippen molar-refractivity contribution in [3.05, 3.63) is 102 Å². The summed E-state index contributed by atoms with van der Waals surface area (Å²) in [6.07, 6.45) is 1.72. The zero-order valence-electron chi connectivity index (χ0n) is 18.0. The second kappa shape index (κ2) is 10.3. The Balaban J connectivity index is 1.91. The minimum Gasteiger partial charge on any atom is -0.496 e. The molecular weight excluding hydrogens is 632 g/mol. The fraction of sp³-hybridized carbons (Fsp3) is 0.0769. The molecule has 0 bridgehead atoms. The van der Waals surface area contributed by atoms with Crippen LogP contribution in [0.5, 0.6) is 11.5 Å². The lowest BCUT2D eigenvalue weighted by Gasteiger charge is -2.10. The third-order valence-corrected chi connectivity index (χ3v) is 6.86. The highest BCUT2D eigenvalue weighted by atomic mass is 79.9. The van der Waals surface area contributed by atoms with Gasteiger partial charge in [-0.1, -0.05) is 40.2 Å². The minimum absolute atomic E-state index is 0.0333. The van der Waals surface area contributed by atoms with Crippen LogP contribution in [-0.2, 0) is 9.53 Å². The van der Waals surface area contributed by atoms with E-state index in [1.165, 1.54) is 0 Å². The van der Waals surface area contributed by atoms with Gasteiger partial charge in [-0.3, -0.25) is 4.79 Å². The molecule has 172 valence electrons. The average Bonchev–Trinajstić information content (AvgIpc) is 3.14. The van der Waals surface area contributed by atoms with Crippen LogP contribution in [0, 0.1) is 0 Å². The van der Waals surface area contributed by atoms with Gasteiger partial charge in [0, 0.05) is 15.6 Å². The molecule has 3 aromatic rings. The smallest absolute Gasteiger partial charge is 0.348 e. The van der Waals surface area contributed by atoms with Crippen molar-refractivity contribution in [1.82, 2.24) is 0 Å². The van der Waals surface area contributed by atoms with Crippen LogP contribution in [0.25, 0.3) is 11.6 Å². The number of ether oxygens (including phenoxy) is 3. The Morgan fingerprint density at radius 3 is 2.18 bits per heavy atom. The Hall–Kier alpha value is -2.68. The highest BCUT2D eigenvalue weighted by Crippen LogP contribution is 2.40. The summed E-state index contributed by atoms with van der Waals surface area (Å²) in [5.41, 5.74) is 2.14. The molecule has 0 radical (unpaired) electrons. The van der Waals surface area contributed by atoms with Gasteiger partial charge < -0.3 is 14.2 Å². The zero-order chi connectivity index (χ0) is 24.4. The Morgan fingerprint density at radius 1 is 0.882 bits per heavy atom. The van der Waals surface area contributed by atoms with Crippen molar-refractivity contribution in [2.75, 3.05) is 14.2 Å². The summed E-state index contributed by atoms with van der Waals surface area (Å²) < 4.78 is 18.4. The van der Waals surface area contributed by atoms with Gasteiger partial charge in [0.2, 0.25) is 5.78 Å². The maximum Gasteiger partial charge on any atom is 0.348 e. The molecule has 1 aliphatic rings. The summed E-state index contributed by atoms with van der Waals surface area (Å²) in [7, 11) is 3.15. The number of benzene rings is 3. The molecule has 0 fully saturated rings. The third kappa shape index (κ3) is 4.89. The molecule has 0 amide bonds. The molecule has 1 heterocycles. The van der Waals surface area contributed by atoms with Crippen molar-refractivity contribution in [3.8, 4) is 11.5 Å². The third-order valence-electron chi connectivity index (χ3n) is 5.13. The number of Topliss-reactive ketones (excluding diaryl/α,β-unsaturated/α-hetero) is 1. The van der Waals surface area contributed by atoms with Crippen LogP contribution in [-0.4, -0.2) is 26.0 Å². The van der Waals surface area contributed by atoms with Crippen molar-refractivity contribution < 1.29 is 23.8 Å². The number of esters is 1. The molecular formula is C26H17Br3O5. The number of allylic oxidation sites excluding steroid dienone is 1. The van der Waals surface area contributed by atoms with E-state index < -0.39 is 11.8 Å². The lowest BCUT2D eigenvalue weighted by molar-refractivity contribution is -0.132. The summed E-state index contributed by atoms with van der Waals surface area (Å²) in [4.78, 5) is 26.5. The molecule has 0 atom stereocenters. The Kier molecular flexibility index (Phi) is 7.40. The molecule has 0 spiro atoms. The van der Waals surface area contributed by atoms with Crippen LogP contribution >= 0.6 is 47.8 Å². The molecule has 0 aromatic heterocycles. The predicted octanol–water partition coefficient (Wildman–Crippen LogP) is 7.23. The van der Waals surface area contributed by atoms with E-state index in [1.54, 1.807) is 62.8 Å². The van der Waals surface area contributed by atoms with E-state index in [4.69, 9.17) is 14.2 Å². The molecule has 5 nitrogen and oxygen atoms in total. The van der Waals surface area contributed by atoms with Crippen LogP contribution in [0.4, 0.5) is 0 Å². The molecule has 0 saturated carbocycles. The van der Waals surface area contributed by atoms with Crippen LogP contribution < -0.4 is 9.47 Å². The second-order valence-corrected chi connectivity index (χ2v) is 9.86. The first kappa shape index (κ1) is 24.4. The normalized spacial score (nSPS) is 14.4. The van der Waals surface area contributed by atoms with Crippen LogP contribution in [0.3, 0.4) is 0 Å². The standard InChI is InChI=1S/C26H17Br3O5/c1-32-20-8-6-14(10-18(20)28)11-22-23(15-7-9-21(33-2)19(29)13-15)24(26(31)34-22)25(30)16-4-3-5-17(27)12-16/h3-13H,1-2H3/b22-11-. The van der Waals surface area contributed by atoms with Crippen molar-refractivity contribution in [2.45, 2.75) is 0 Å². The van der Waals surface area contributed by atoms with Crippen molar-refractivity contribution in [3.63, 3.8) is 0 Å². The van der Waals surface area contributed by atoms with E-state index in [2.05, 4.69) is 47.8 Å². The lowest BCUT2D eigenvalue weighted by atomic mass is 9.93. The molecule has 1 aliphatic heterocycles. The number of cyclic esters (lactones) is 1. The summed E-state index contributed by atoms with van der Waals surface area (Å²) in [5.74, 6) is 0.445. The van der Waals surface area contributed by atoms with Crippen molar-refractivity contribution >= 4 is 71.2 Å². The number of hydrogen-bond donors (Lipinski definition) is 0. The topological polar surface area (TPSA) is 61.8 Å². The maximum absolute atomic E-state index is 13.5. The van der Waals surface area contributed by atoms with Gasteiger partial charge in [-0.15, -0.1) is 0 Å². The Labute approximate surface area is 221 Å². The van der Waals surface area contributed by atoms with E-state index in [0.717, 1.165) is 14.5 Å². The van der Waals surface area contributed by atoms with E-state index >= 15 is 0 Å². The molecule has 0 aliphatic carbocycles. The number of carbonyl (C=O) groups is 2. The largest absolute Gasteiger partial charge is 0.496 e. The van der Waals surface area contributed by atoms with Gasteiger partial charge in [0.25, 0.3) is 0 Å². The van der Waals surface area contributed by atoms with E-state index in [9.17, 15) is 9.59 Å². The van der Waals surface area contributed by atoms with Gasteiger partial charge in [0.1, 0.15) is 22.8 Å². The SMILES string of the molecule is COc1ccc(/C=C2\OC(=O)C(C(=O)c3cccc(Br)c3)=C2c2ccc(OC)c(Br)c2)cc1Br. The van der Waals surface area contributed by atoms with Gasteiger partial charge in [-0.2, -0.15) is 0 Å². The number of rotatable bonds is 6. The van der Waals surface area contributed by atoms with E-state index in [1.807, 2.05) is 18.2 Å². The summed E-state index contributed by atoms with van der Waals surface area (Å²) in [5, 5.41) is 0. The number of hydrogen-bond acceptors (Lipinski definition) is 5. The fourth-order valence-corrected chi connectivity index (χ4v) is 5.04. The summed E-state index contributed by atoms with van der Waals surface area (Å²) in [6, 6.07) is 17.7. The second-order valence-electron chi connectivity index (χ2n) is 7.23. The Bertz CT molecular complexity index is 1370. The number of ketones is 1. The molecule has 4 rings (SSSR count). The van der Waals surface area contributed by atoms with Crippen LogP contribution in [0.2, 0.25) is 0 Å². The molecule has 0 saturated heterocycles. The predicted molar refractivity (Wildman–Crippen MR) is 141 cm³/mol. The monoisotopic (exact) mass is 646 g/mol. The number of methoxy groups -OCH3 is 2. The maximum atomic E-state index is 13.5. The van der Waals surface area contributed by atoms with Gasteiger partial charge in [0.15, 0.2) is 0 Å². The molecule has 34 heavy (non-hydrogen) atoms. The van der Waals surface area contributed by atoms with Gasteiger partial charge in [-0.25, -0.2) is 4.79 Å². The van der Waals surface area contributed by atoms with Crippen molar-refractivity contribution in [2.24, 2.45) is 0 Å². The van der Waals surface area contributed by atoms with Crippen molar-refractivity contribution in [1.29, 1.82) is 0 Å². The summed E-state index contributed by atoms with van der Waals surface area (Å²) in [6.45, 7) is 0. The molecule has 0 unspecified atom stereocenters. The first-order chi connectivity index (χ1) is 16.3. The number of halogens is 3.